The fourth-order valence-corrected chi connectivity index (χ4v) is 5.02. The molecule has 1 saturated heterocycles. The maximum atomic E-state index is 13.2. The van der Waals surface area contributed by atoms with Gasteiger partial charge in [0.2, 0.25) is 0 Å². The SMILES string of the molecule is COc1ccc2sc(N(C)C3CCN(CCCOc4cccc(F)c4)CC3)nc2c1.O=C(O)/C=C\C(=O)O. The van der Waals surface area contributed by atoms with Gasteiger partial charge in [0.05, 0.1) is 23.9 Å². The second-order valence-corrected chi connectivity index (χ2v) is 9.69. The molecule has 1 fully saturated rings. The number of hydrogen-bond acceptors (Lipinski definition) is 8. The van der Waals surface area contributed by atoms with Gasteiger partial charge in [0.25, 0.3) is 0 Å². The van der Waals surface area contributed by atoms with E-state index in [4.69, 9.17) is 24.7 Å². The third-order valence-electron chi connectivity index (χ3n) is 6.04. The van der Waals surface area contributed by atoms with Crippen LogP contribution in [-0.4, -0.2) is 78.5 Å². The summed E-state index contributed by atoms with van der Waals surface area (Å²) in [6, 6.07) is 12.9. The van der Waals surface area contributed by atoms with Crippen LogP contribution in [0.4, 0.5) is 9.52 Å². The molecule has 11 heteroatoms. The van der Waals surface area contributed by atoms with Crippen LogP contribution in [0.25, 0.3) is 10.2 Å². The predicted molar refractivity (Wildman–Crippen MR) is 145 cm³/mol. The minimum Gasteiger partial charge on any atom is -0.497 e. The second kappa shape index (κ2) is 14.3. The van der Waals surface area contributed by atoms with Crippen LogP contribution in [0.15, 0.2) is 54.6 Å². The van der Waals surface area contributed by atoms with Crippen molar-refractivity contribution in [2.75, 3.05) is 45.3 Å². The highest BCUT2D eigenvalue weighted by Gasteiger charge is 2.24. The number of nitrogens with zero attached hydrogens (tertiary/aromatic N) is 3. The lowest BCUT2D eigenvalue weighted by Crippen LogP contribution is -2.43. The lowest BCUT2D eigenvalue weighted by Gasteiger charge is -2.36. The molecular weight excluding hydrogens is 513 g/mol. The van der Waals surface area contributed by atoms with E-state index >= 15 is 0 Å². The minimum absolute atomic E-state index is 0.258. The van der Waals surface area contributed by atoms with Crippen LogP contribution in [-0.2, 0) is 9.59 Å². The summed E-state index contributed by atoms with van der Waals surface area (Å²) < 4.78 is 25.3. The van der Waals surface area contributed by atoms with Crippen molar-refractivity contribution in [1.29, 1.82) is 0 Å². The zero-order chi connectivity index (χ0) is 27.5. The Hall–Kier alpha value is -3.70. The van der Waals surface area contributed by atoms with Crippen molar-refractivity contribution >= 4 is 38.6 Å². The van der Waals surface area contributed by atoms with Gasteiger partial charge in [-0.15, -0.1) is 0 Å². The lowest BCUT2D eigenvalue weighted by atomic mass is 10.0. The second-order valence-electron chi connectivity index (χ2n) is 8.68. The number of carboxylic acid groups (broad SMARTS) is 2. The van der Waals surface area contributed by atoms with E-state index in [0.29, 0.717) is 30.6 Å². The number of thiazole rings is 1. The van der Waals surface area contributed by atoms with Crippen molar-refractivity contribution in [2.24, 2.45) is 0 Å². The summed E-state index contributed by atoms with van der Waals surface area (Å²) in [5.74, 6) is -1.33. The number of fused-ring (bicyclic) bond motifs is 1. The summed E-state index contributed by atoms with van der Waals surface area (Å²) in [6.45, 7) is 3.77. The average Bonchev–Trinajstić information content (AvgIpc) is 3.34. The molecule has 0 unspecified atom stereocenters. The molecule has 38 heavy (non-hydrogen) atoms. The summed E-state index contributed by atoms with van der Waals surface area (Å²) >= 11 is 1.74. The van der Waals surface area contributed by atoms with E-state index in [0.717, 1.165) is 55.3 Å². The van der Waals surface area contributed by atoms with Gasteiger partial charge in [0.1, 0.15) is 17.3 Å². The van der Waals surface area contributed by atoms with E-state index < -0.39 is 11.9 Å². The van der Waals surface area contributed by atoms with E-state index in [1.165, 1.54) is 16.8 Å². The number of anilines is 1. The molecule has 3 aromatic rings. The highest BCUT2D eigenvalue weighted by atomic mass is 32.1. The highest BCUT2D eigenvalue weighted by molar-refractivity contribution is 7.22. The van der Waals surface area contributed by atoms with E-state index in [1.54, 1.807) is 30.6 Å². The number of carboxylic acids is 2. The molecule has 0 radical (unpaired) electrons. The molecule has 4 rings (SSSR count). The van der Waals surface area contributed by atoms with Gasteiger partial charge in [-0.25, -0.2) is 19.0 Å². The van der Waals surface area contributed by atoms with Crippen molar-refractivity contribution in [3.05, 3.63) is 60.4 Å². The van der Waals surface area contributed by atoms with Crippen molar-refractivity contribution in [3.63, 3.8) is 0 Å². The Balaban J connectivity index is 0.000000436. The van der Waals surface area contributed by atoms with E-state index in [1.807, 2.05) is 12.1 Å². The largest absolute Gasteiger partial charge is 0.497 e. The third kappa shape index (κ3) is 9.00. The Labute approximate surface area is 224 Å². The summed E-state index contributed by atoms with van der Waals surface area (Å²) in [5.41, 5.74) is 0.997. The molecule has 0 aliphatic carbocycles. The lowest BCUT2D eigenvalue weighted by molar-refractivity contribution is -0.134. The molecule has 1 aliphatic heterocycles. The fourth-order valence-electron chi connectivity index (χ4n) is 4.04. The van der Waals surface area contributed by atoms with Gasteiger partial charge in [0, 0.05) is 57.0 Å². The van der Waals surface area contributed by atoms with Crippen LogP contribution in [0, 0.1) is 5.82 Å². The molecule has 0 atom stereocenters. The molecule has 2 N–H and O–H groups in total. The predicted octanol–water partition coefficient (Wildman–Crippen LogP) is 4.53. The first kappa shape index (κ1) is 28.9. The number of aromatic nitrogens is 1. The van der Waals surface area contributed by atoms with Crippen molar-refractivity contribution in [1.82, 2.24) is 9.88 Å². The molecule has 204 valence electrons. The van der Waals surface area contributed by atoms with Gasteiger partial charge in [-0.3, -0.25) is 0 Å². The Morgan fingerprint density at radius 2 is 1.84 bits per heavy atom. The maximum Gasteiger partial charge on any atom is 0.328 e. The van der Waals surface area contributed by atoms with Crippen LogP contribution in [0.3, 0.4) is 0 Å². The molecule has 2 heterocycles. The van der Waals surface area contributed by atoms with E-state index in [-0.39, 0.29) is 5.82 Å². The van der Waals surface area contributed by atoms with Crippen LogP contribution in [0.1, 0.15) is 19.3 Å². The summed E-state index contributed by atoms with van der Waals surface area (Å²) in [7, 11) is 3.84. The van der Waals surface area contributed by atoms with Crippen LogP contribution in [0.5, 0.6) is 11.5 Å². The third-order valence-corrected chi connectivity index (χ3v) is 7.17. The smallest absolute Gasteiger partial charge is 0.328 e. The van der Waals surface area contributed by atoms with Gasteiger partial charge < -0.3 is 29.5 Å². The van der Waals surface area contributed by atoms with Crippen molar-refractivity contribution in [2.45, 2.75) is 25.3 Å². The quantitative estimate of drug-likeness (QED) is 0.280. The molecule has 0 amide bonds. The molecule has 0 spiro atoms. The van der Waals surface area contributed by atoms with Gasteiger partial charge in [0.15, 0.2) is 5.13 Å². The highest BCUT2D eigenvalue weighted by Crippen LogP contribution is 2.32. The van der Waals surface area contributed by atoms with Crippen LogP contribution >= 0.6 is 11.3 Å². The Bertz CT molecular complexity index is 1230. The van der Waals surface area contributed by atoms with Gasteiger partial charge in [-0.2, -0.15) is 0 Å². The Morgan fingerprint density at radius 3 is 2.47 bits per heavy atom. The number of methoxy groups -OCH3 is 1. The number of likely N-dealkylation sites (tertiary alicyclic amines) is 1. The standard InChI is InChI=1S/C23H28FN3O2S.C4H4O4/c1-26(23-25-21-16-19(28-2)7-8-22(21)30-23)18-9-12-27(13-10-18)11-4-14-29-20-6-3-5-17(24)15-20;5-3(6)1-2-4(7)8/h3,5-8,15-16,18H,4,9-14H2,1-2H3;1-2H,(H,5,6)(H,7,8)/b;2-1-. The molecule has 1 aromatic heterocycles. The minimum atomic E-state index is -1.26. The molecule has 1 aliphatic rings. The Kier molecular flexibility index (Phi) is 10.9. The maximum absolute atomic E-state index is 13.2. The molecule has 0 saturated carbocycles. The Morgan fingerprint density at radius 1 is 1.13 bits per heavy atom. The number of rotatable bonds is 10. The van der Waals surface area contributed by atoms with Gasteiger partial charge >= 0.3 is 11.9 Å². The van der Waals surface area contributed by atoms with E-state index in [2.05, 4.69) is 22.9 Å². The van der Waals surface area contributed by atoms with Crippen molar-refractivity contribution in [3.8, 4) is 11.5 Å². The fraction of sp³-hybridized carbons (Fsp3) is 0.370. The first-order valence-electron chi connectivity index (χ1n) is 12.2. The topological polar surface area (TPSA) is 112 Å². The van der Waals surface area contributed by atoms with Crippen molar-refractivity contribution < 1.29 is 33.7 Å². The molecular formula is C27H32FN3O6S. The van der Waals surface area contributed by atoms with E-state index in [9.17, 15) is 14.0 Å². The zero-order valence-electron chi connectivity index (χ0n) is 21.4. The molecule has 0 bridgehead atoms. The van der Waals surface area contributed by atoms with Gasteiger partial charge in [-0.05, 0) is 43.5 Å². The number of halogens is 1. The number of hydrogen-bond donors (Lipinski definition) is 2. The normalized spacial score (nSPS) is 14.2. The van der Waals surface area contributed by atoms with Gasteiger partial charge in [-0.1, -0.05) is 17.4 Å². The van der Waals surface area contributed by atoms with Crippen LogP contribution in [0.2, 0.25) is 0 Å². The number of aliphatic carboxylic acids is 2. The number of ether oxygens (including phenoxy) is 2. The molecule has 9 nitrogen and oxygen atoms in total. The van der Waals surface area contributed by atoms with Crippen LogP contribution < -0.4 is 14.4 Å². The first-order valence-corrected chi connectivity index (χ1v) is 13.0. The number of piperidine rings is 1. The number of benzene rings is 2. The summed E-state index contributed by atoms with van der Waals surface area (Å²) in [4.78, 5) is 28.7. The summed E-state index contributed by atoms with van der Waals surface area (Å²) in [5, 5.41) is 16.7. The summed E-state index contributed by atoms with van der Waals surface area (Å²) in [6.07, 6.45) is 4.31. The number of carbonyl (C=O) groups is 2. The zero-order valence-corrected chi connectivity index (χ0v) is 22.2. The first-order chi connectivity index (χ1) is 18.2. The monoisotopic (exact) mass is 545 g/mol. The molecule has 2 aromatic carbocycles. The average molecular weight is 546 g/mol.